The lowest BCUT2D eigenvalue weighted by atomic mass is 9.84. The summed E-state index contributed by atoms with van der Waals surface area (Å²) >= 11 is 0.994. The predicted octanol–water partition coefficient (Wildman–Crippen LogP) is -0.0615. The van der Waals surface area contributed by atoms with Crippen molar-refractivity contribution < 1.29 is 50.6 Å². The quantitative estimate of drug-likeness (QED) is 0.0381. The molecule has 3 heterocycles. The molecular formula is C28H37N8O10S2+. The number of nitrogens with two attached hydrogens (primary N) is 2. The van der Waals surface area contributed by atoms with Crippen molar-refractivity contribution in [2.45, 2.75) is 51.4 Å². The molecule has 2 atom stereocenters. The number of thiazole rings is 1. The third kappa shape index (κ3) is 8.63. The first-order chi connectivity index (χ1) is 22.6. The van der Waals surface area contributed by atoms with E-state index in [1.54, 1.807) is 19.1 Å². The van der Waals surface area contributed by atoms with E-state index in [4.69, 9.17) is 30.3 Å². The third-order valence-electron chi connectivity index (χ3n) is 7.12. The minimum Gasteiger partial charge on any atom is -0.489 e. The summed E-state index contributed by atoms with van der Waals surface area (Å²) in [4.78, 5) is 48.2. The van der Waals surface area contributed by atoms with Crippen LogP contribution in [0.4, 0.5) is 5.13 Å². The number of aromatic nitrogens is 3. The number of aryl methyl sites for hydroxylation is 2. The molecule has 260 valence electrons. The van der Waals surface area contributed by atoms with Gasteiger partial charge in [-0.3, -0.25) is 14.1 Å². The Hall–Kier alpha value is -4.63. The van der Waals surface area contributed by atoms with Crippen LogP contribution in [0.1, 0.15) is 32.9 Å². The van der Waals surface area contributed by atoms with Crippen LogP contribution in [0, 0.1) is 0 Å². The van der Waals surface area contributed by atoms with Crippen LogP contribution >= 0.6 is 11.3 Å². The fourth-order valence-corrected chi connectivity index (χ4v) is 5.62. The number of esters is 1. The molecule has 6 N–H and O–H groups in total. The zero-order chi connectivity index (χ0) is 35.2. The van der Waals surface area contributed by atoms with Gasteiger partial charge in [0.25, 0.3) is 17.9 Å². The number of benzene rings is 1. The highest BCUT2D eigenvalue weighted by Gasteiger charge is 2.58. The molecule has 1 unspecified atom stereocenters. The number of ether oxygens (including phenoxy) is 2. The fraction of sp³-hybridized carbons (Fsp3) is 0.429. The number of nitrogen functional groups attached to an aromatic ring is 1. The standard InChI is InChI=1S/C28H36N8O10S2/c1-5-43-26(39)21(15-44-19-9-7-17(8-10-19)18-13-34(4)35(14-18)12-6-11-29)45-33-22(20-16-47-27(30)31-20)24(37)32-23-25(38)36(28(23,2)3)46-48(40,41)42/h7-10,13-14,16,21,23H,5-6,11-12,15,29H2,1-4H3,(H3-,30,31,32,37,40,41,42)/p+1/b33-22-/t21?,23-/m1/s1. The van der Waals surface area contributed by atoms with E-state index < -0.39 is 51.6 Å². The average molecular weight is 710 g/mol. The number of rotatable bonds is 16. The summed E-state index contributed by atoms with van der Waals surface area (Å²) in [7, 11) is -3.06. The molecule has 48 heavy (non-hydrogen) atoms. The van der Waals surface area contributed by atoms with E-state index in [1.165, 1.54) is 19.2 Å². The van der Waals surface area contributed by atoms with Gasteiger partial charge in [0.1, 0.15) is 24.1 Å². The number of β-lactam (4-membered cyclic amide) rings is 1. The molecule has 1 aliphatic rings. The van der Waals surface area contributed by atoms with Gasteiger partial charge in [-0.25, -0.2) is 9.78 Å². The lowest BCUT2D eigenvalue weighted by molar-refractivity contribution is -0.753. The van der Waals surface area contributed by atoms with Gasteiger partial charge in [-0.2, -0.15) is 18.2 Å². The second-order valence-electron chi connectivity index (χ2n) is 11.0. The molecule has 1 fully saturated rings. The normalized spacial score (nSPS) is 16.6. The molecular weight excluding hydrogens is 672 g/mol. The Morgan fingerprint density at radius 3 is 2.54 bits per heavy atom. The first-order valence-corrected chi connectivity index (χ1v) is 16.8. The Bertz CT molecular complexity index is 1770. The van der Waals surface area contributed by atoms with Crippen LogP contribution in [0.25, 0.3) is 11.1 Å². The van der Waals surface area contributed by atoms with Crippen LogP contribution in [0.15, 0.2) is 47.2 Å². The van der Waals surface area contributed by atoms with E-state index in [9.17, 15) is 22.8 Å². The summed E-state index contributed by atoms with van der Waals surface area (Å²) in [6, 6.07) is 5.86. The molecule has 2 aromatic heterocycles. The molecule has 1 saturated heterocycles. The molecule has 0 saturated carbocycles. The summed E-state index contributed by atoms with van der Waals surface area (Å²) in [5.74, 6) is -2.34. The molecule has 4 rings (SSSR count). The van der Waals surface area contributed by atoms with Gasteiger partial charge in [-0.1, -0.05) is 17.3 Å². The van der Waals surface area contributed by atoms with Crippen molar-refractivity contribution in [2.75, 3.05) is 25.5 Å². The Balaban J connectivity index is 1.49. The van der Waals surface area contributed by atoms with Crippen molar-refractivity contribution in [3.63, 3.8) is 0 Å². The lowest BCUT2D eigenvalue weighted by Crippen LogP contribution is -2.76. The molecule has 18 nitrogen and oxygen atoms in total. The highest BCUT2D eigenvalue weighted by Crippen LogP contribution is 2.33. The van der Waals surface area contributed by atoms with E-state index >= 15 is 0 Å². The molecule has 20 heteroatoms. The monoisotopic (exact) mass is 709 g/mol. The van der Waals surface area contributed by atoms with Crippen LogP contribution in [0.3, 0.4) is 0 Å². The van der Waals surface area contributed by atoms with E-state index in [-0.39, 0.29) is 24.0 Å². The molecule has 2 amide bonds. The van der Waals surface area contributed by atoms with E-state index in [0.717, 1.165) is 35.4 Å². The number of nitrogens with zero attached hydrogens (tertiary/aromatic N) is 5. The molecule has 0 spiro atoms. The molecule has 0 bridgehead atoms. The summed E-state index contributed by atoms with van der Waals surface area (Å²) in [6.45, 7) is 5.42. The van der Waals surface area contributed by atoms with E-state index in [2.05, 4.69) is 24.4 Å². The molecule has 0 radical (unpaired) electrons. The first-order valence-electron chi connectivity index (χ1n) is 14.6. The van der Waals surface area contributed by atoms with Crippen molar-refractivity contribution in [3.05, 3.63) is 47.7 Å². The topological polar surface area (TPSA) is 244 Å². The fourth-order valence-electron chi connectivity index (χ4n) is 4.61. The maximum absolute atomic E-state index is 13.4. The highest BCUT2D eigenvalue weighted by atomic mass is 32.3. The maximum atomic E-state index is 13.4. The van der Waals surface area contributed by atoms with Gasteiger partial charge >= 0.3 is 16.4 Å². The summed E-state index contributed by atoms with van der Waals surface area (Å²) in [5.41, 5.74) is 11.4. The minimum absolute atomic E-state index is 0.0242. The molecule has 3 aromatic rings. The van der Waals surface area contributed by atoms with Gasteiger partial charge in [0.2, 0.25) is 6.20 Å². The Morgan fingerprint density at radius 1 is 1.25 bits per heavy atom. The maximum Gasteiger partial charge on any atom is 0.418 e. The second-order valence-corrected chi connectivity index (χ2v) is 12.9. The Labute approximate surface area is 280 Å². The lowest BCUT2D eigenvalue weighted by Gasteiger charge is -2.50. The van der Waals surface area contributed by atoms with E-state index in [0.29, 0.717) is 17.4 Å². The zero-order valence-corrected chi connectivity index (χ0v) is 28.2. The Kier molecular flexibility index (Phi) is 11.4. The van der Waals surface area contributed by atoms with Gasteiger partial charge in [0.15, 0.2) is 17.9 Å². The van der Waals surface area contributed by atoms with E-state index in [1.807, 2.05) is 36.3 Å². The van der Waals surface area contributed by atoms with Gasteiger partial charge in [0, 0.05) is 5.38 Å². The number of oxime groups is 1. The highest BCUT2D eigenvalue weighted by molar-refractivity contribution is 7.80. The van der Waals surface area contributed by atoms with Crippen molar-refractivity contribution in [1.29, 1.82) is 0 Å². The minimum atomic E-state index is -5.01. The number of carbonyl (C=O) groups is 3. The summed E-state index contributed by atoms with van der Waals surface area (Å²) < 4.78 is 50.5. The van der Waals surface area contributed by atoms with Crippen molar-refractivity contribution in [2.24, 2.45) is 17.9 Å². The predicted molar refractivity (Wildman–Crippen MR) is 170 cm³/mol. The summed E-state index contributed by atoms with van der Waals surface area (Å²) in [5, 5.41) is 8.20. The van der Waals surface area contributed by atoms with Crippen molar-refractivity contribution >= 4 is 50.4 Å². The Morgan fingerprint density at radius 2 is 1.96 bits per heavy atom. The molecule has 1 aliphatic heterocycles. The largest absolute Gasteiger partial charge is 0.489 e. The van der Waals surface area contributed by atoms with Gasteiger partial charge in [-0.15, -0.1) is 20.3 Å². The zero-order valence-electron chi connectivity index (χ0n) is 26.6. The summed E-state index contributed by atoms with van der Waals surface area (Å²) in [6.07, 6.45) is 3.42. The SMILES string of the molecule is CCOC(=O)C(COc1ccc(-c2cn(CCCN)[n+](C)c2)cc1)O/N=C(\C(=O)N[C@@H]1C(=O)N(OS(=O)(=O)O)C1(C)C)c1csc(N)n1. The van der Waals surface area contributed by atoms with Crippen LogP contribution in [0.2, 0.25) is 0 Å². The van der Waals surface area contributed by atoms with Crippen LogP contribution < -0.4 is 26.2 Å². The smallest absolute Gasteiger partial charge is 0.418 e. The third-order valence-corrected chi connectivity index (χ3v) is 8.13. The second kappa shape index (κ2) is 15.1. The van der Waals surface area contributed by atoms with Crippen LogP contribution in [-0.4, -0.2) is 88.6 Å². The number of hydroxylamine groups is 2. The number of amides is 2. The van der Waals surface area contributed by atoms with Crippen molar-refractivity contribution in [3.8, 4) is 16.9 Å². The first kappa shape index (κ1) is 36.2. The van der Waals surface area contributed by atoms with Crippen LogP contribution in [0.5, 0.6) is 5.75 Å². The number of hydrogen-bond donors (Lipinski definition) is 4. The van der Waals surface area contributed by atoms with Gasteiger partial charge in [-0.05, 0) is 51.4 Å². The number of hydrogen-bond acceptors (Lipinski definition) is 14. The van der Waals surface area contributed by atoms with Gasteiger partial charge in [0.05, 0.1) is 30.5 Å². The number of carbonyl (C=O) groups excluding carboxylic acids is 3. The number of anilines is 1. The van der Waals surface area contributed by atoms with Gasteiger partial charge < -0.3 is 31.1 Å². The average Bonchev–Trinajstić information content (AvgIpc) is 3.63. The number of nitrogens with one attached hydrogen (secondary N) is 1. The van der Waals surface area contributed by atoms with Crippen molar-refractivity contribution in [1.82, 2.24) is 20.0 Å². The molecule has 0 aliphatic carbocycles. The molecule has 1 aromatic carbocycles. The van der Waals surface area contributed by atoms with Crippen LogP contribution in [-0.2, 0) is 52.2 Å².